The van der Waals surface area contributed by atoms with Crippen molar-refractivity contribution in [3.8, 4) is 0 Å². The number of aromatic nitrogens is 2. The first-order valence-corrected chi connectivity index (χ1v) is 8.58. The Kier molecular flexibility index (Phi) is 3.24. The number of hydrogen-bond donors (Lipinski definition) is 1. The van der Waals surface area contributed by atoms with Crippen molar-refractivity contribution in [1.82, 2.24) is 15.1 Å². The molecule has 0 saturated carbocycles. The fourth-order valence-corrected chi connectivity index (χ4v) is 4.33. The third kappa shape index (κ3) is 2.21. The molecule has 1 fully saturated rings. The third-order valence-electron chi connectivity index (χ3n) is 4.32. The van der Waals surface area contributed by atoms with E-state index < -0.39 is 15.1 Å². The van der Waals surface area contributed by atoms with Gasteiger partial charge in [0, 0.05) is 18.0 Å². The molecule has 2 aromatic rings. The lowest BCUT2D eigenvalue weighted by atomic mass is 10.1. The standard InChI is InChI=1S/C14H17N3O3S/c1-9-10(2)21(19,20)7-6-17(9)14(18)12-5-3-4-11-8-15-16-13(11)12/h3-5,8-10H,6-7H2,1-2H3,(H,15,16)/t9-,10+/m1/s1. The molecule has 1 aliphatic rings. The van der Waals surface area contributed by atoms with E-state index in [1.165, 1.54) is 0 Å². The summed E-state index contributed by atoms with van der Waals surface area (Å²) in [4.78, 5) is 14.4. The number of sulfone groups is 1. The van der Waals surface area contributed by atoms with Crippen molar-refractivity contribution >= 4 is 26.6 Å². The highest BCUT2D eigenvalue weighted by molar-refractivity contribution is 7.92. The molecule has 0 spiro atoms. The molecule has 2 heterocycles. The summed E-state index contributed by atoms with van der Waals surface area (Å²) in [7, 11) is -3.10. The Hall–Kier alpha value is -1.89. The Labute approximate surface area is 123 Å². The Balaban J connectivity index is 1.98. The Morgan fingerprint density at radius 2 is 2.14 bits per heavy atom. The predicted molar refractivity (Wildman–Crippen MR) is 79.8 cm³/mol. The summed E-state index contributed by atoms with van der Waals surface area (Å²) >= 11 is 0. The molecule has 1 aromatic carbocycles. The second kappa shape index (κ2) is 4.84. The van der Waals surface area contributed by atoms with Crippen LogP contribution in [0.15, 0.2) is 24.4 Å². The number of H-pyrrole nitrogens is 1. The summed E-state index contributed by atoms with van der Waals surface area (Å²) in [6, 6.07) is 5.08. The highest BCUT2D eigenvalue weighted by Gasteiger charge is 2.38. The van der Waals surface area contributed by atoms with Gasteiger partial charge in [-0.3, -0.25) is 9.89 Å². The van der Waals surface area contributed by atoms with Gasteiger partial charge in [0.1, 0.15) is 0 Å². The number of nitrogens with zero attached hydrogens (tertiary/aromatic N) is 2. The average Bonchev–Trinajstić information content (AvgIpc) is 2.92. The highest BCUT2D eigenvalue weighted by Crippen LogP contribution is 2.24. The summed E-state index contributed by atoms with van der Waals surface area (Å²) in [6.07, 6.45) is 1.67. The second-order valence-corrected chi connectivity index (χ2v) is 7.93. The number of para-hydroxylation sites is 1. The van der Waals surface area contributed by atoms with Crippen LogP contribution in [-0.4, -0.2) is 53.0 Å². The van der Waals surface area contributed by atoms with Crippen molar-refractivity contribution in [3.63, 3.8) is 0 Å². The zero-order valence-electron chi connectivity index (χ0n) is 11.9. The van der Waals surface area contributed by atoms with E-state index in [1.54, 1.807) is 37.1 Å². The number of nitrogens with one attached hydrogen (secondary N) is 1. The Morgan fingerprint density at radius 3 is 2.90 bits per heavy atom. The van der Waals surface area contributed by atoms with Gasteiger partial charge < -0.3 is 4.90 Å². The van der Waals surface area contributed by atoms with Crippen LogP contribution in [0.1, 0.15) is 24.2 Å². The van der Waals surface area contributed by atoms with E-state index in [0.717, 1.165) is 5.39 Å². The maximum atomic E-state index is 12.8. The largest absolute Gasteiger partial charge is 0.334 e. The summed E-state index contributed by atoms with van der Waals surface area (Å²) in [5, 5.41) is 7.11. The molecule has 112 valence electrons. The molecule has 1 N–H and O–H groups in total. The van der Waals surface area contributed by atoms with Crippen molar-refractivity contribution in [2.24, 2.45) is 0 Å². The van der Waals surface area contributed by atoms with E-state index in [4.69, 9.17) is 0 Å². The molecule has 7 heteroatoms. The number of carbonyl (C=O) groups is 1. The van der Waals surface area contributed by atoms with Crippen LogP contribution < -0.4 is 0 Å². The monoisotopic (exact) mass is 307 g/mol. The van der Waals surface area contributed by atoms with Gasteiger partial charge in [-0.15, -0.1) is 0 Å². The van der Waals surface area contributed by atoms with Crippen LogP contribution in [0.25, 0.3) is 10.9 Å². The van der Waals surface area contributed by atoms with E-state index in [0.29, 0.717) is 11.1 Å². The van der Waals surface area contributed by atoms with Crippen LogP contribution in [-0.2, 0) is 9.84 Å². The summed E-state index contributed by atoms with van der Waals surface area (Å²) in [6.45, 7) is 3.68. The molecule has 1 aliphatic heterocycles. The van der Waals surface area contributed by atoms with Crippen molar-refractivity contribution < 1.29 is 13.2 Å². The van der Waals surface area contributed by atoms with Crippen LogP contribution >= 0.6 is 0 Å². The summed E-state index contributed by atoms with van der Waals surface area (Å²) in [5.41, 5.74) is 1.22. The van der Waals surface area contributed by atoms with Gasteiger partial charge >= 0.3 is 0 Å². The van der Waals surface area contributed by atoms with E-state index in [9.17, 15) is 13.2 Å². The van der Waals surface area contributed by atoms with Gasteiger partial charge in [0.25, 0.3) is 5.91 Å². The minimum Gasteiger partial charge on any atom is -0.334 e. The van der Waals surface area contributed by atoms with Crippen LogP contribution in [0, 0.1) is 0 Å². The highest BCUT2D eigenvalue weighted by atomic mass is 32.2. The molecule has 2 atom stereocenters. The predicted octanol–water partition coefficient (Wildman–Crippen LogP) is 1.21. The third-order valence-corrected chi connectivity index (χ3v) is 6.60. The van der Waals surface area contributed by atoms with Crippen LogP contribution in [0.2, 0.25) is 0 Å². The molecule has 3 rings (SSSR count). The maximum absolute atomic E-state index is 12.8. The van der Waals surface area contributed by atoms with Gasteiger partial charge in [-0.2, -0.15) is 5.10 Å². The number of aromatic amines is 1. The average molecular weight is 307 g/mol. The first kappa shape index (κ1) is 14.1. The SMILES string of the molecule is C[C@@H]1[C@H](C)S(=O)(=O)CCN1C(=O)c1cccc2cn[nH]c12. The zero-order chi connectivity index (χ0) is 15.2. The first-order valence-electron chi connectivity index (χ1n) is 6.86. The molecule has 0 aliphatic carbocycles. The summed E-state index contributed by atoms with van der Waals surface area (Å²) < 4.78 is 23.8. The fourth-order valence-electron chi connectivity index (χ4n) is 2.76. The molecule has 1 aromatic heterocycles. The van der Waals surface area contributed by atoms with Crippen LogP contribution in [0.4, 0.5) is 0 Å². The van der Waals surface area contributed by atoms with Crippen molar-refractivity contribution in [3.05, 3.63) is 30.0 Å². The second-order valence-electron chi connectivity index (χ2n) is 5.45. The van der Waals surface area contributed by atoms with E-state index in [-0.39, 0.29) is 24.2 Å². The fraction of sp³-hybridized carbons (Fsp3) is 0.429. The lowest BCUT2D eigenvalue weighted by Crippen LogP contribution is -2.54. The number of rotatable bonds is 1. The Morgan fingerprint density at radius 1 is 1.38 bits per heavy atom. The van der Waals surface area contributed by atoms with Gasteiger partial charge in [0.2, 0.25) is 0 Å². The van der Waals surface area contributed by atoms with Crippen LogP contribution in [0.3, 0.4) is 0 Å². The van der Waals surface area contributed by atoms with Crippen molar-refractivity contribution in [2.45, 2.75) is 25.1 Å². The molecule has 0 unspecified atom stereocenters. The number of carbonyl (C=O) groups excluding carboxylic acids is 1. The zero-order valence-corrected chi connectivity index (χ0v) is 12.7. The number of benzene rings is 1. The minimum atomic E-state index is -3.10. The van der Waals surface area contributed by atoms with Gasteiger partial charge in [-0.05, 0) is 19.9 Å². The van der Waals surface area contributed by atoms with E-state index >= 15 is 0 Å². The molecular weight excluding hydrogens is 290 g/mol. The topological polar surface area (TPSA) is 83.1 Å². The van der Waals surface area contributed by atoms with Crippen molar-refractivity contribution in [2.75, 3.05) is 12.3 Å². The van der Waals surface area contributed by atoms with Gasteiger partial charge in [-0.25, -0.2) is 8.42 Å². The molecule has 0 bridgehead atoms. The van der Waals surface area contributed by atoms with Gasteiger partial charge in [0.05, 0.1) is 28.3 Å². The lowest BCUT2D eigenvalue weighted by Gasteiger charge is -2.37. The number of fused-ring (bicyclic) bond motifs is 1. The minimum absolute atomic E-state index is 0.0171. The smallest absolute Gasteiger partial charge is 0.256 e. The molecule has 21 heavy (non-hydrogen) atoms. The summed E-state index contributed by atoms with van der Waals surface area (Å²) in [5.74, 6) is -0.137. The molecule has 6 nitrogen and oxygen atoms in total. The quantitative estimate of drug-likeness (QED) is 0.858. The maximum Gasteiger partial charge on any atom is 0.256 e. The lowest BCUT2D eigenvalue weighted by molar-refractivity contribution is 0.0695. The first-order chi connectivity index (χ1) is 9.92. The number of hydrogen-bond acceptors (Lipinski definition) is 4. The van der Waals surface area contributed by atoms with E-state index in [1.807, 2.05) is 6.07 Å². The van der Waals surface area contributed by atoms with Crippen molar-refractivity contribution in [1.29, 1.82) is 0 Å². The van der Waals surface area contributed by atoms with Gasteiger partial charge in [0.15, 0.2) is 9.84 Å². The normalized spacial score (nSPS) is 25.1. The molecule has 0 radical (unpaired) electrons. The molecule has 1 amide bonds. The Bertz CT molecular complexity index is 797. The molecular formula is C14H17N3O3S. The molecule has 1 saturated heterocycles. The number of amides is 1. The van der Waals surface area contributed by atoms with Crippen LogP contribution in [0.5, 0.6) is 0 Å². The van der Waals surface area contributed by atoms with Gasteiger partial charge in [-0.1, -0.05) is 12.1 Å². The van der Waals surface area contributed by atoms with E-state index in [2.05, 4.69) is 10.2 Å².